The lowest BCUT2D eigenvalue weighted by Crippen LogP contribution is -2.58. The normalized spacial score (nSPS) is 14.4. The molecule has 5 N–H and O–H groups in total. The summed E-state index contributed by atoms with van der Waals surface area (Å²) in [4.78, 5) is 47.3. The number of aliphatic hydroxyl groups excluding tert-OH is 1. The first-order valence-electron chi connectivity index (χ1n) is 14.8. The fourth-order valence-corrected chi connectivity index (χ4v) is 5.78. The Morgan fingerprint density at radius 2 is 1.39 bits per heavy atom. The van der Waals surface area contributed by atoms with Gasteiger partial charge in [0.1, 0.15) is 17.7 Å². The van der Waals surface area contributed by atoms with Crippen LogP contribution in [0.15, 0.2) is 73.2 Å². The molecule has 3 aromatic rings. The highest BCUT2D eigenvalue weighted by molar-refractivity contribution is 7.53. The van der Waals surface area contributed by atoms with E-state index in [1.807, 2.05) is 60.7 Å². The van der Waals surface area contributed by atoms with Crippen LogP contribution in [-0.2, 0) is 47.2 Å². The van der Waals surface area contributed by atoms with Crippen molar-refractivity contribution in [3.05, 3.63) is 90.0 Å². The van der Waals surface area contributed by atoms with Crippen LogP contribution in [0.5, 0.6) is 0 Å². The number of ether oxygens (including phenoxy) is 1. The van der Waals surface area contributed by atoms with Crippen LogP contribution in [0.25, 0.3) is 0 Å². The molecular formula is C32H44N5O8P. The number of imidazole rings is 1. The molecule has 250 valence electrons. The Kier molecular flexibility index (Phi) is 13.5. The van der Waals surface area contributed by atoms with Gasteiger partial charge < -0.3 is 39.8 Å². The fourth-order valence-electron chi connectivity index (χ4n) is 4.62. The molecular weight excluding hydrogens is 613 g/mol. The van der Waals surface area contributed by atoms with Gasteiger partial charge in [-0.25, -0.2) is 9.78 Å². The number of aromatic amines is 1. The number of carbonyl (C=O) groups excluding carboxylic acids is 3. The molecule has 3 amide bonds. The average Bonchev–Trinajstić information content (AvgIpc) is 3.53. The first-order valence-corrected chi connectivity index (χ1v) is 16.6. The summed E-state index contributed by atoms with van der Waals surface area (Å²) < 4.78 is 28.3. The molecule has 0 spiro atoms. The van der Waals surface area contributed by atoms with E-state index < -0.39 is 55.3 Å². The Morgan fingerprint density at radius 3 is 1.91 bits per heavy atom. The standard InChI is InChI=1S/C32H44N5O8P/c1-32(2,3)45-31(41)37-26(17-23-14-10-7-11-15-23)29(39)36-27(18-24-19-33-21-34-24)30(40)35-25(16-22-12-8-6-9-13-22)28(38)20-46(42,43-4)44-5/h6-15,19,21,25-28,38H,16-18,20H2,1-5H3,(H,33,34)(H,35,40)(H,36,39)(H,37,41)/t25-,26-,27-,28+/m0/s1. The van der Waals surface area contributed by atoms with Crippen molar-refractivity contribution in [1.29, 1.82) is 0 Å². The zero-order valence-electron chi connectivity index (χ0n) is 26.8. The molecule has 0 bridgehead atoms. The minimum Gasteiger partial charge on any atom is -0.444 e. The third-order valence-corrected chi connectivity index (χ3v) is 8.89. The maximum atomic E-state index is 13.9. The number of aromatic nitrogens is 2. The van der Waals surface area contributed by atoms with Gasteiger partial charge in [-0.05, 0) is 38.3 Å². The topological polar surface area (TPSA) is 181 Å². The number of benzene rings is 2. The summed E-state index contributed by atoms with van der Waals surface area (Å²) >= 11 is 0. The van der Waals surface area contributed by atoms with E-state index in [4.69, 9.17) is 13.8 Å². The summed E-state index contributed by atoms with van der Waals surface area (Å²) in [5.74, 6) is -1.25. The van der Waals surface area contributed by atoms with Crippen LogP contribution >= 0.6 is 7.60 Å². The van der Waals surface area contributed by atoms with E-state index >= 15 is 0 Å². The molecule has 3 rings (SSSR count). The van der Waals surface area contributed by atoms with Crippen LogP contribution in [0.3, 0.4) is 0 Å². The lowest BCUT2D eigenvalue weighted by molar-refractivity contribution is -0.130. The number of hydrogen-bond acceptors (Lipinski definition) is 9. The van der Waals surface area contributed by atoms with Gasteiger partial charge in [-0.2, -0.15) is 0 Å². The molecule has 0 unspecified atom stereocenters. The molecule has 0 aliphatic heterocycles. The molecule has 14 heteroatoms. The number of rotatable bonds is 16. The van der Waals surface area contributed by atoms with Crippen molar-refractivity contribution in [1.82, 2.24) is 25.9 Å². The van der Waals surface area contributed by atoms with Crippen LogP contribution in [0.4, 0.5) is 4.79 Å². The highest BCUT2D eigenvalue weighted by Crippen LogP contribution is 2.47. The quantitative estimate of drug-likeness (QED) is 0.145. The number of carbonyl (C=O) groups is 3. The monoisotopic (exact) mass is 657 g/mol. The van der Waals surface area contributed by atoms with Gasteiger partial charge in [0.05, 0.1) is 24.6 Å². The van der Waals surface area contributed by atoms with E-state index in [9.17, 15) is 24.1 Å². The Bertz CT molecular complexity index is 1430. The summed E-state index contributed by atoms with van der Waals surface area (Å²) in [6.45, 7) is 5.13. The molecule has 0 aliphatic carbocycles. The van der Waals surface area contributed by atoms with Gasteiger partial charge in [-0.1, -0.05) is 60.7 Å². The van der Waals surface area contributed by atoms with Crippen molar-refractivity contribution in [3.8, 4) is 0 Å². The number of H-pyrrole nitrogens is 1. The average molecular weight is 658 g/mol. The minimum atomic E-state index is -3.64. The highest BCUT2D eigenvalue weighted by atomic mass is 31.2. The lowest BCUT2D eigenvalue weighted by Gasteiger charge is -2.29. The largest absolute Gasteiger partial charge is 0.444 e. The van der Waals surface area contributed by atoms with E-state index in [0.717, 1.165) is 11.1 Å². The van der Waals surface area contributed by atoms with Gasteiger partial charge in [0.15, 0.2) is 0 Å². The fraction of sp³-hybridized carbons (Fsp3) is 0.438. The summed E-state index contributed by atoms with van der Waals surface area (Å²) in [5, 5.41) is 19.4. The molecule has 0 aliphatic rings. The predicted octanol–water partition coefficient (Wildman–Crippen LogP) is 3.15. The predicted molar refractivity (Wildman–Crippen MR) is 172 cm³/mol. The molecule has 0 radical (unpaired) electrons. The third-order valence-electron chi connectivity index (χ3n) is 6.96. The molecule has 46 heavy (non-hydrogen) atoms. The van der Waals surface area contributed by atoms with Crippen LogP contribution in [0.2, 0.25) is 0 Å². The van der Waals surface area contributed by atoms with Gasteiger partial charge in [0, 0.05) is 39.0 Å². The van der Waals surface area contributed by atoms with Crippen LogP contribution in [0, 0.1) is 0 Å². The van der Waals surface area contributed by atoms with Crippen molar-refractivity contribution in [2.75, 3.05) is 20.4 Å². The molecule has 0 saturated heterocycles. The summed E-state index contributed by atoms with van der Waals surface area (Å²) in [6, 6.07) is 15.1. The second-order valence-corrected chi connectivity index (χ2v) is 14.1. The number of hydrogen-bond donors (Lipinski definition) is 5. The van der Waals surface area contributed by atoms with Gasteiger partial charge in [-0.3, -0.25) is 14.2 Å². The number of aliphatic hydroxyl groups is 1. The Hall–Kier alpha value is -4.03. The maximum Gasteiger partial charge on any atom is 0.408 e. The highest BCUT2D eigenvalue weighted by Gasteiger charge is 2.34. The number of amides is 3. The van der Waals surface area contributed by atoms with Gasteiger partial charge >= 0.3 is 13.7 Å². The molecule has 0 saturated carbocycles. The van der Waals surface area contributed by atoms with Gasteiger partial charge in [0.25, 0.3) is 0 Å². The summed E-state index contributed by atoms with van der Waals surface area (Å²) in [5.41, 5.74) is 1.34. The van der Waals surface area contributed by atoms with Crippen LogP contribution in [-0.4, -0.2) is 83.2 Å². The Morgan fingerprint density at radius 1 is 0.848 bits per heavy atom. The minimum absolute atomic E-state index is 0.0187. The Labute approximate surface area is 269 Å². The van der Waals surface area contributed by atoms with Crippen molar-refractivity contribution < 1.29 is 37.8 Å². The SMILES string of the molecule is COP(=O)(C[C@@H](O)[C@H](Cc1ccccc1)NC(=O)[C@H](Cc1cnc[nH]1)NC(=O)[C@H](Cc1ccccc1)NC(=O)OC(C)(C)C)OC. The lowest BCUT2D eigenvalue weighted by atomic mass is 10.0. The van der Waals surface area contributed by atoms with E-state index in [0.29, 0.717) is 5.69 Å². The summed E-state index contributed by atoms with van der Waals surface area (Å²) in [6.07, 6.45) is 0.799. The van der Waals surface area contributed by atoms with E-state index in [2.05, 4.69) is 25.9 Å². The Balaban J connectivity index is 1.88. The zero-order chi connectivity index (χ0) is 33.7. The number of nitrogens with zero attached hydrogens (tertiary/aromatic N) is 1. The van der Waals surface area contributed by atoms with Gasteiger partial charge in [0.2, 0.25) is 11.8 Å². The molecule has 4 atom stereocenters. The molecule has 1 heterocycles. The molecule has 2 aromatic carbocycles. The second-order valence-electron chi connectivity index (χ2n) is 11.8. The molecule has 1 aromatic heterocycles. The first kappa shape index (κ1) is 36.4. The van der Waals surface area contributed by atoms with Crippen molar-refractivity contribution >= 4 is 25.5 Å². The second kappa shape index (κ2) is 17.0. The first-order chi connectivity index (χ1) is 21.8. The zero-order valence-corrected chi connectivity index (χ0v) is 27.7. The van der Waals surface area contributed by atoms with Crippen molar-refractivity contribution in [3.63, 3.8) is 0 Å². The third kappa shape index (κ3) is 12.1. The number of alkyl carbamates (subject to hydrolysis) is 1. The van der Waals surface area contributed by atoms with E-state index in [1.165, 1.54) is 26.7 Å². The van der Waals surface area contributed by atoms with Crippen molar-refractivity contribution in [2.24, 2.45) is 0 Å². The van der Waals surface area contributed by atoms with E-state index in [1.54, 1.807) is 20.8 Å². The van der Waals surface area contributed by atoms with Crippen molar-refractivity contribution in [2.45, 2.75) is 69.9 Å². The van der Waals surface area contributed by atoms with Crippen LogP contribution in [0.1, 0.15) is 37.6 Å². The molecule has 0 fully saturated rings. The van der Waals surface area contributed by atoms with Crippen LogP contribution < -0.4 is 16.0 Å². The van der Waals surface area contributed by atoms with Gasteiger partial charge in [-0.15, -0.1) is 0 Å². The number of nitrogens with one attached hydrogen (secondary N) is 4. The maximum absolute atomic E-state index is 13.9. The summed E-state index contributed by atoms with van der Waals surface area (Å²) in [7, 11) is -1.21. The molecule has 13 nitrogen and oxygen atoms in total. The van der Waals surface area contributed by atoms with E-state index in [-0.39, 0.29) is 25.4 Å². The smallest absolute Gasteiger partial charge is 0.408 e.